The molecule has 1 amide bonds. The number of hydrogen-bond acceptors (Lipinski definition) is 1. The molecule has 1 aromatic carbocycles. The zero-order valence-electron chi connectivity index (χ0n) is 11.2. The fourth-order valence-corrected chi connectivity index (χ4v) is 3.03. The first-order valence-electron chi connectivity index (χ1n) is 6.47. The second-order valence-corrected chi connectivity index (χ2v) is 6.78. The van der Waals surface area contributed by atoms with Crippen LogP contribution in [0.2, 0.25) is 0 Å². The highest BCUT2D eigenvalue weighted by Crippen LogP contribution is 2.37. The van der Waals surface area contributed by atoms with Gasteiger partial charge in [0.1, 0.15) is 0 Å². The summed E-state index contributed by atoms with van der Waals surface area (Å²) in [7, 11) is 0. The third-order valence-corrected chi connectivity index (χ3v) is 4.50. The largest absolute Gasteiger partial charge is 0.349 e. The number of halogens is 1. The Morgan fingerprint density at radius 1 is 1.44 bits per heavy atom. The molecular weight excluding hydrogens is 290 g/mol. The van der Waals surface area contributed by atoms with Gasteiger partial charge in [0.2, 0.25) is 0 Å². The van der Waals surface area contributed by atoms with E-state index in [0.29, 0.717) is 6.04 Å². The van der Waals surface area contributed by atoms with E-state index in [0.717, 1.165) is 22.0 Å². The molecule has 1 fully saturated rings. The molecule has 0 bridgehead atoms. The Morgan fingerprint density at radius 3 is 2.78 bits per heavy atom. The van der Waals surface area contributed by atoms with E-state index in [2.05, 4.69) is 35.1 Å². The molecule has 98 valence electrons. The summed E-state index contributed by atoms with van der Waals surface area (Å²) < 4.78 is 0.948. The maximum absolute atomic E-state index is 12.3. The van der Waals surface area contributed by atoms with Crippen molar-refractivity contribution in [2.75, 3.05) is 0 Å². The highest BCUT2D eigenvalue weighted by Gasteiger charge is 2.35. The Hall–Kier alpha value is -0.830. The summed E-state index contributed by atoms with van der Waals surface area (Å²) in [5, 5.41) is 3.19. The highest BCUT2D eigenvalue weighted by atomic mass is 79.9. The molecule has 0 aliphatic heterocycles. The molecule has 0 aromatic heterocycles. The van der Waals surface area contributed by atoms with Gasteiger partial charge in [0.25, 0.3) is 5.91 Å². The molecule has 1 saturated carbocycles. The summed E-state index contributed by atoms with van der Waals surface area (Å²) in [5.74, 6) is 0.0498. The molecular formula is C15H20BrNO. The molecule has 1 N–H and O–H groups in total. The van der Waals surface area contributed by atoms with Crippen molar-refractivity contribution in [2.45, 2.75) is 46.1 Å². The molecule has 2 nitrogen and oxygen atoms in total. The molecule has 1 aliphatic rings. The van der Waals surface area contributed by atoms with Crippen LogP contribution in [0, 0.1) is 12.3 Å². The van der Waals surface area contributed by atoms with Gasteiger partial charge in [0, 0.05) is 16.1 Å². The van der Waals surface area contributed by atoms with Crippen LogP contribution in [-0.2, 0) is 0 Å². The average molecular weight is 310 g/mol. The summed E-state index contributed by atoms with van der Waals surface area (Å²) in [6, 6.07) is 6.13. The maximum atomic E-state index is 12.3. The number of rotatable bonds is 2. The molecule has 0 heterocycles. The van der Waals surface area contributed by atoms with Crippen LogP contribution in [0.5, 0.6) is 0 Å². The van der Waals surface area contributed by atoms with Crippen molar-refractivity contribution in [3.05, 3.63) is 33.8 Å². The molecule has 18 heavy (non-hydrogen) atoms. The zero-order chi connectivity index (χ0) is 13.3. The summed E-state index contributed by atoms with van der Waals surface area (Å²) in [6.45, 7) is 6.44. The maximum Gasteiger partial charge on any atom is 0.251 e. The number of nitrogens with one attached hydrogen (secondary N) is 1. The van der Waals surface area contributed by atoms with Gasteiger partial charge in [-0.3, -0.25) is 4.79 Å². The number of amides is 1. The van der Waals surface area contributed by atoms with Crippen LogP contribution in [0.4, 0.5) is 0 Å². The van der Waals surface area contributed by atoms with Crippen LogP contribution in [0.25, 0.3) is 0 Å². The third kappa shape index (κ3) is 2.77. The SMILES string of the molecule is Cc1ccc(Br)cc1C(=O)NC1CCCC1(C)C. The third-order valence-electron chi connectivity index (χ3n) is 4.01. The summed E-state index contributed by atoms with van der Waals surface area (Å²) in [5.41, 5.74) is 2.01. The van der Waals surface area contributed by atoms with Crippen molar-refractivity contribution in [1.82, 2.24) is 5.32 Å². The van der Waals surface area contributed by atoms with Gasteiger partial charge in [-0.05, 0) is 42.9 Å². The lowest BCUT2D eigenvalue weighted by Gasteiger charge is -2.28. The minimum atomic E-state index is 0.0498. The van der Waals surface area contributed by atoms with Gasteiger partial charge >= 0.3 is 0 Å². The van der Waals surface area contributed by atoms with Gasteiger partial charge in [-0.1, -0.05) is 42.3 Å². The number of benzene rings is 1. The van der Waals surface area contributed by atoms with Gasteiger partial charge in [-0.15, -0.1) is 0 Å². The van der Waals surface area contributed by atoms with E-state index in [1.165, 1.54) is 12.8 Å². The first-order valence-corrected chi connectivity index (χ1v) is 7.26. The molecule has 0 spiro atoms. The summed E-state index contributed by atoms with van der Waals surface area (Å²) in [6.07, 6.45) is 3.48. The fraction of sp³-hybridized carbons (Fsp3) is 0.533. The van der Waals surface area contributed by atoms with Crippen LogP contribution in [0.3, 0.4) is 0 Å². The van der Waals surface area contributed by atoms with Crippen molar-refractivity contribution in [2.24, 2.45) is 5.41 Å². The minimum Gasteiger partial charge on any atom is -0.349 e. The Labute approximate surface area is 117 Å². The second-order valence-electron chi connectivity index (χ2n) is 5.87. The Balaban J connectivity index is 2.15. The average Bonchev–Trinajstić information content (AvgIpc) is 2.62. The zero-order valence-corrected chi connectivity index (χ0v) is 12.8. The fourth-order valence-electron chi connectivity index (χ4n) is 2.67. The van der Waals surface area contributed by atoms with E-state index in [4.69, 9.17) is 0 Å². The monoisotopic (exact) mass is 309 g/mol. The van der Waals surface area contributed by atoms with Crippen molar-refractivity contribution in [3.63, 3.8) is 0 Å². The summed E-state index contributed by atoms with van der Waals surface area (Å²) in [4.78, 5) is 12.3. The minimum absolute atomic E-state index is 0.0498. The molecule has 0 saturated heterocycles. The highest BCUT2D eigenvalue weighted by molar-refractivity contribution is 9.10. The van der Waals surface area contributed by atoms with Crippen LogP contribution in [0.15, 0.2) is 22.7 Å². The number of hydrogen-bond donors (Lipinski definition) is 1. The smallest absolute Gasteiger partial charge is 0.251 e. The predicted octanol–water partition coefficient (Wildman–Crippen LogP) is 4.07. The van der Waals surface area contributed by atoms with E-state index in [1.54, 1.807) is 0 Å². The van der Waals surface area contributed by atoms with Crippen molar-refractivity contribution >= 4 is 21.8 Å². The Morgan fingerprint density at radius 2 is 2.17 bits per heavy atom. The van der Waals surface area contributed by atoms with Gasteiger partial charge in [-0.25, -0.2) is 0 Å². The molecule has 3 heteroatoms. The molecule has 1 aliphatic carbocycles. The van der Waals surface area contributed by atoms with E-state index in [-0.39, 0.29) is 11.3 Å². The van der Waals surface area contributed by atoms with E-state index in [9.17, 15) is 4.79 Å². The van der Waals surface area contributed by atoms with Crippen LogP contribution >= 0.6 is 15.9 Å². The lowest BCUT2D eigenvalue weighted by Crippen LogP contribution is -2.41. The van der Waals surface area contributed by atoms with E-state index < -0.39 is 0 Å². The molecule has 2 rings (SSSR count). The molecule has 1 unspecified atom stereocenters. The summed E-state index contributed by atoms with van der Waals surface area (Å²) >= 11 is 3.42. The normalized spacial score (nSPS) is 21.9. The molecule has 1 atom stereocenters. The van der Waals surface area contributed by atoms with E-state index >= 15 is 0 Å². The molecule has 0 radical (unpaired) electrons. The Kier molecular flexibility index (Phi) is 3.81. The number of carbonyl (C=O) groups excluding carboxylic acids is 1. The lowest BCUT2D eigenvalue weighted by atomic mass is 9.87. The van der Waals surface area contributed by atoms with Crippen molar-refractivity contribution < 1.29 is 4.79 Å². The van der Waals surface area contributed by atoms with Gasteiger partial charge in [-0.2, -0.15) is 0 Å². The Bertz CT molecular complexity index is 468. The number of carbonyl (C=O) groups is 1. The topological polar surface area (TPSA) is 29.1 Å². The van der Waals surface area contributed by atoms with Crippen molar-refractivity contribution in [3.8, 4) is 0 Å². The van der Waals surface area contributed by atoms with Crippen LogP contribution < -0.4 is 5.32 Å². The first-order chi connectivity index (χ1) is 8.40. The van der Waals surface area contributed by atoms with Crippen molar-refractivity contribution in [1.29, 1.82) is 0 Å². The van der Waals surface area contributed by atoms with Gasteiger partial charge in [0.15, 0.2) is 0 Å². The van der Waals surface area contributed by atoms with E-state index in [1.807, 2.05) is 25.1 Å². The van der Waals surface area contributed by atoms with Gasteiger partial charge in [0.05, 0.1) is 0 Å². The molecule has 1 aromatic rings. The first kappa shape index (κ1) is 13.6. The quantitative estimate of drug-likeness (QED) is 0.876. The van der Waals surface area contributed by atoms with Crippen LogP contribution in [-0.4, -0.2) is 11.9 Å². The second kappa shape index (κ2) is 5.04. The number of aryl methyl sites for hydroxylation is 1. The van der Waals surface area contributed by atoms with Gasteiger partial charge < -0.3 is 5.32 Å². The lowest BCUT2D eigenvalue weighted by molar-refractivity contribution is 0.0909. The predicted molar refractivity (Wildman–Crippen MR) is 77.8 cm³/mol. The standard InChI is InChI=1S/C15H20BrNO/c1-10-6-7-11(16)9-12(10)14(18)17-13-5-4-8-15(13,2)3/h6-7,9,13H,4-5,8H2,1-3H3,(H,17,18). The van der Waals surface area contributed by atoms with Crippen LogP contribution in [0.1, 0.15) is 49.0 Å².